The van der Waals surface area contributed by atoms with Crippen molar-refractivity contribution >= 4 is 11.7 Å². The molecule has 1 aromatic carbocycles. The maximum atomic E-state index is 11.3. The molecule has 0 radical (unpaired) electrons. The number of nitrogens with zero attached hydrogens (tertiary/aromatic N) is 1. The van der Waals surface area contributed by atoms with E-state index >= 15 is 0 Å². The molecule has 0 unspecified atom stereocenters. The number of hydrogen-bond donors (Lipinski definition) is 1. The fourth-order valence-electron chi connectivity index (χ4n) is 1.44. The summed E-state index contributed by atoms with van der Waals surface area (Å²) in [5.41, 5.74) is 1.55. The van der Waals surface area contributed by atoms with Gasteiger partial charge in [0.15, 0.2) is 0 Å². The summed E-state index contributed by atoms with van der Waals surface area (Å²) in [6.07, 6.45) is 1.44. The summed E-state index contributed by atoms with van der Waals surface area (Å²) < 4.78 is 4.63. The zero-order chi connectivity index (χ0) is 14.1. The number of oxime groups is 1. The SMILES string of the molecule is CCCO/N=C(/CC(=O)OC)Cc1ccc(O)cc1. The van der Waals surface area contributed by atoms with Gasteiger partial charge in [-0.1, -0.05) is 24.2 Å². The molecule has 0 fully saturated rings. The Bertz CT molecular complexity index is 426. The summed E-state index contributed by atoms with van der Waals surface area (Å²) in [5.74, 6) is -0.143. The molecule has 5 heteroatoms. The molecule has 104 valence electrons. The van der Waals surface area contributed by atoms with Crippen molar-refractivity contribution in [3.8, 4) is 5.75 Å². The molecule has 0 bridgehead atoms. The zero-order valence-electron chi connectivity index (χ0n) is 11.3. The number of ether oxygens (including phenoxy) is 1. The number of aromatic hydroxyl groups is 1. The van der Waals surface area contributed by atoms with E-state index in [1.54, 1.807) is 24.3 Å². The predicted octanol–water partition coefficient (Wildman–Crippen LogP) is 2.28. The second-order valence-corrected chi connectivity index (χ2v) is 4.09. The molecule has 0 atom stereocenters. The first-order valence-corrected chi connectivity index (χ1v) is 6.18. The molecule has 0 aliphatic carbocycles. The largest absolute Gasteiger partial charge is 0.508 e. The Morgan fingerprint density at radius 3 is 2.58 bits per heavy atom. The van der Waals surface area contributed by atoms with Crippen molar-refractivity contribution in [2.45, 2.75) is 26.2 Å². The highest BCUT2D eigenvalue weighted by Gasteiger charge is 2.10. The van der Waals surface area contributed by atoms with E-state index in [0.29, 0.717) is 18.7 Å². The number of methoxy groups -OCH3 is 1. The van der Waals surface area contributed by atoms with Gasteiger partial charge in [0, 0.05) is 6.42 Å². The molecule has 0 aliphatic heterocycles. The van der Waals surface area contributed by atoms with Crippen LogP contribution in [0.15, 0.2) is 29.4 Å². The smallest absolute Gasteiger partial charge is 0.311 e. The molecule has 0 saturated carbocycles. The molecule has 19 heavy (non-hydrogen) atoms. The van der Waals surface area contributed by atoms with Gasteiger partial charge >= 0.3 is 5.97 Å². The first-order chi connectivity index (χ1) is 9.15. The van der Waals surface area contributed by atoms with Crippen LogP contribution < -0.4 is 0 Å². The van der Waals surface area contributed by atoms with Gasteiger partial charge in [-0.05, 0) is 24.1 Å². The highest BCUT2D eigenvalue weighted by molar-refractivity contribution is 5.99. The van der Waals surface area contributed by atoms with E-state index in [4.69, 9.17) is 4.84 Å². The van der Waals surface area contributed by atoms with Gasteiger partial charge in [-0.3, -0.25) is 4.79 Å². The molecule has 5 nitrogen and oxygen atoms in total. The van der Waals surface area contributed by atoms with E-state index in [0.717, 1.165) is 12.0 Å². The maximum absolute atomic E-state index is 11.3. The normalized spacial score (nSPS) is 11.2. The topological polar surface area (TPSA) is 68.1 Å². The minimum Gasteiger partial charge on any atom is -0.508 e. The van der Waals surface area contributed by atoms with Gasteiger partial charge < -0.3 is 14.7 Å². The number of benzene rings is 1. The molecule has 0 spiro atoms. The van der Waals surface area contributed by atoms with Gasteiger partial charge in [-0.2, -0.15) is 0 Å². The average Bonchev–Trinajstić information content (AvgIpc) is 2.41. The number of esters is 1. The quantitative estimate of drug-likeness (QED) is 0.355. The molecule has 0 aromatic heterocycles. The Kier molecular flexibility index (Phi) is 6.43. The third-order valence-electron chi connectivity index (χ3n) is 2.41. The van der Waals surface area contributed by atoms with Gasteiger partial charge in [-0.25, -0.2) is 0 Å². The van der Waals surface area contributed by atoms with Crippen molar-refractivity contribution < 1.29 is 19.5 Å². The Balaban J connectivity index is 2.69. The number of hydrogen-bond acceptors (Lipinski definition) is 5. The summed E-state index contributed by atoms with van der Waals surface area (Å²) in [4.78, 5) is 16.4. The van der Waals surface area contributed by atoms with Crippen LogP contribution in [-0.4, -0.2) is 30.5 Å². The van der Waals surface area contributed by atoms with Crippen LogP contribution in [0.3, 0.4) is 0 Å². The fourth-order valence-corrected chi connectivity index (χ4v) is 1.44. The lowest BCUT2D eigenvalue weighted by Gasteiger charge is -2.06. The minimum atomic E-state index is -0.349. The molecule has 0 saturated heterocycles. The molecule has 0 aliphatic rings. The van der Waals surface area contributed by atoms with Crippen LogP contribution in [0.1, 0.15) is 25.3 Å². The summed E-state index contributed by atoms with van der Waals surface area (Å²) in [5, 5.41) is 13.2. The van der Waals surface area contributed by atoms with Crippen LogP contribution in [-0.2, 0) is 20.8 Å². The van der Waals surface area contributed by atoms with Crippen LogP contribution in [0.5, 0.6) is 5.75 Å². The average molecular weight is 265 g/mol. The summed E-state index contributed by atoms with van der Waals surface area (Å²) in [7, 11) is 1.34. The fraction of sp³-hybridized carbons (Fsp3) is 0.429. The molecule has 1 rings (SSSR count). The first-order valence-electron chi connectivity index (χ1n) is 6.18. The van der Waals surface area contributed by atoms with Crippen molar-refractivity contribution in [2.75, 3.05) is 13.7 Å². The monoisotopic (exact) mass is 265 g/mol. The molecular weight excluding hydrogens is 246 g/mol. The Hall–Kier alpha value is -2.04. The van der Waals surface area contributed by atoms with Crippen LogP contribution in [0.4, 0.5) is 0 Å². The van der Waals surface area contributed by atoms with E-state index in [-0.39, 0.29) is 18.1 Å². The van der Waals surface area contributed by atoms with Crippen molar-refractivity contribution in [2.24, 2.45) is 5.16 Å². The van der Waals surface area contributed by atoms with Crippen LogP contribution in [0, 0.1) is 0 Å². The molecular formula is C14H19NO4. The predicted molar refractivity (Wildman–Crippen MR) is 72.1 cm³/mol. The van der Waals surface area contributed by atoms with Crippen LogP contribution in [0.25, 0.3) is 0 Å². The van der Waals surface area contributed by atoms with Crippen LogP contribution >= 0.6 is 0 Å². The number of carbonyl (C=O) groups excluding carboxylic acids is 1. The van der Waals surface area contributed by atoms with E-state index in [2.05, 4.69) is 9.89 Å². The van der Waals surface area contributed by atoms with E-state index in [1.165, 1.54) is 7.11 Å². The summed E-state index contributed by atoms with van der Waals surface area (Å²) >= 11 is 0. The van der Waals surface area contributed by atoms with Gasteiger partial charge in [-0.15, -0.1) is 0 Å². The number of rotatable bonds is 7. The number of phenolic OH excluding ortho intramolecular Hbond substituents is 1. The highest BCUT2D eigenvalue weighted by atomic mass is 16.6. The second kappa shape index (κ2) is 8.13. The lowest BCUT2D eigenvalue weighted by atomic mass is 10.1. The lowest BCUT2D eigenvalue weighted by molar-refractivity contribution is -0.139. The van der Waals surface area contributed by atoms with Crippen LogP contribution in [0.2, 0.25) is 0 Å². The number of phenols is 1. The summed E-state index contributed by atoms with van der Waals surface area (Å²) in [6.45, 7) is 2.50. The van der Waals surface area contributed by atoms with Gasteiger partial charge in [0.05, 0.1) is 19.2 Å². The van der Waals surface area contributed by atoms with Crippen molar-refractivity contribution in [3.05, 3.63) is 29.8 Å². The van der Waals surface area contributed by atoms with Crippen molar-refractivity contribution in [3.63, 3.8) is 0 Å². The van der Waals surface area contributed by atoms with Crippen molar-refractivity contribution in [1.29, 1.82) is 0 Å². The first kappa shape index (κ1) is 15.0. The minimum absolute atomic E-state index is 0.0983. The maximum Gasteiger partial charge on any atom is 0.311 e. The van der Waals surface area contributed by atoms with E-state index in [1.807, 2.05) is 6.92 Å². The zero-order valence-corrected chi connectivity index (χ0v) is 11.3. The molecule has 0 heterocycles. The molecule has 1 N–H and O–H groups in total. The van der Waals surface area contributed by atoms with E-state index in [9.17, 15) is 9.90 Å². The molecule has 0 amide bonds. The Morgan fingerprint density at radius 2 is 2.00 bits per heavy atom. The lowest BCUT2D eigenvalue weighted by Crippen LogP contribution is -2.12. The van der Waals surface area contributed by atoms with Gasteiger partial charge in [0.2, 0.25) is 0 Å². The summed E-state index contributed by atoms with van der Waals surface area (Å²) in [6, 6.07) is 6.75. The van der Waals surface area contributed by atoms with E-state index < -0.39 is 0 Å². The van der Waals surface area contributed by atoms with Gasteiger partial charge in [0.25, 0.3) is 0 Å². The van der Waals surface area contributed by atoms with Crippen molar-refractivity contribution in [1.82, 2.24) is 0 Å². The number of carbonyl (C=O) groups is 1. The third-order valence-corrected chi connectivity index (χ3v) is 2.41. The van der Waals surface area contributed by atoms with Gasteiger partial charge in [0.1, 0.15) is 12.4 Å². The molecule has 1 aromatic rings. The highest BCUT2D eigenvalue weighted by Crippen LogP contribution is 2.11. The Labute approximate surface area is 112 Å². The second-order valence-electron chi connectivity index (χ2n) is 4.09. The third kappa shape index (κ3) is 5.90. The Morgan fingerprint density at radius 1 is 1.32 bits per heavy atom. The standard InChI is InChI=1S/C14H19NO4/c1-3-8-19-15-12(10-14(17)18-2)9-11-4-6-13(16)7-5-11/h4-7,16H,3,8-10H2,1-2H3/b15-12+.